The molecule has 0 bridgehead atoms. The number of rotatable bonds is 8. The summed E-state index contributed by atoms with van der Waals surface area (Å²) >= 11 is 0. The predicted octanol–water partition coefficient (Wildman–Crippen LogP) is 3.41. The quantitative estimate of drug-likeness (QED) is 0.659. The summed E-state index contributed by atoms with van der Waals surface area (Å²) in [6.07, 6.45) is 11.1. The van der Waals surface area contributed by atoms with Gasteiger partial charge in [-0.15, -0.1) is 0 Å². The summed E-state index contributed by atoms with van der Waals surface area (Å²) in [4.78, 5) is 2.67. The monoisotopic (exact) mass is 240 g/mol. The van der Waals surface area contributed by atoms with Gasteiger partial charge in [-0.1, -0.05) is 39.0 Å². The molecule has 0 aliphatic carbocycles. The third-order valence-corrected chi connectivity index (χ3v) is 4.33. The number of likely N-dealkylation sites (tertiary alicyclic amines) is 1. The van der Waals surface area contributed by atoms with Crippen molar-refractivity contribution in [3.63, 3.8) is 0 Å². The Labute approximate surface area is 108 Å². The molecule has 102 valence electrons. The Bertz CT molecular complexity index is 174. The number of nitrogens with zero attached hydrogens (tertiary/aromatic N) is 1. The second-order valence-electron chi connectivity index (χ2n) is 5.77. The smallest absolute Gasteiger partial charge is 0.00669 e. The minimum atomic E-state index is 0.787. The van der Waals surface area contributed by atoms with Crippen molar-refractivity contribution in [1.82, 2.24) is 4.90 Å². The van der Waals surface area contributed by atoms with Crippen LogP contribution in [0.4, 0.5) is 0 Å². The van der Waals surface area contributed by atoms with E-state index >= 15 is 0 Å². The van der Waals surface area contributed by atoms with Crippen molar-refractivity contribution in [3.8, 4) is 0 Å². The molecule has 0 radical (unpaired) electrons. The van der Waals surface area contributed by atoms with Crippen molar-refractivity contribution in [2.75, 3.05) is 19.6 Å². The lowest BCUT2D eigenvalue weighted by atomic mass is 9.95. The third kappa shape index (κ3) is 5.87. The maximum Gasteiger partial charge on any atom is 0.00669 e. The van der Waals surface area contributed by atoms with E-state index in [9.17, 15) is 0 Å². The van der Waals surface area contributed by atoms with E-state index in [1.807, 2.05) is 0 Å². The number of unbranched alkanes of at least 4 members (excludes halogenated alkanes) is 4. The van der Waals surface area contributed by atoms with Gasteiger partial charge in [0.2, 0.25) is 0 Å². The molecule has 2 heteroatoms. The van der Waals surface area contributed by atoms with Gasteiger partial charge in [0, 0.05) is 6.04 Å². The fraction of sp³-hybridized carbons (Fsp3) is 1.00. The van der Waals surface area contributed by atoms with Gasteiger partial charge in [0.25, 0.3) is 0 Å². The SMILES string of the molecule is CCCCCCCC(C)N1CCC(CN)CC1. The van der Waals surface area contributed by atoms with Gasteiger partial charge in [-0.2, -0.15) is 0 Å². The summed E-state index contributed by atoms with van der Waals surface area (Å²) in [5.74, 6) is 0.794. The molecule has 0 aromatic rings. The molecule has 1 heterocycles. The molecule has 0 amide bonds. The van der Waals surface area contributed by atoms with Crippen LogP contribution in [0.15, 0.2) is 0 Å². The molecule has 1 fully saturated rings. The molecule has 1 aliphatic heterocycles. The van der Waals surface area contributed by atoms with E-state index < -0.39 is 0 Å². The minimum absolute atomic E-state index is 0.787. The molecule has 1 rings (SSSR count). The van der Waals surface area contributed by atoms with E-state index in [2.05, 4.69) is 18.7 Å². The summed E-state index contributed by atoms with van der Waals surface area (Å²) in [5.41, 5.74) is 5.73. The first-order valence-electron chi connectivity index (χ1n) is 7.72. The van der Waals surface area contributed by atoms with Crippen LogP contribution in [0, 0.1) is 5.92 Å². The number of hydrogen-bond donors (Lipinski definition) is 1. The number of hydrogen-bond acceptors (Lipinski definition) is 2. The van der Waals surface area contributed by atoms with Gasteiger partial charge < -0.3 is 10.6 Å². The first-order valence-corrected chi connectivity index (χ1v) is 7.72. The highest BCUT2D eigenvalue weighted by molar-refractivity contribution is 4.76. The zero-order valence-corrected chi connectivity index (χ0v) is 12.0. The molecule has 2 N–H and O–H groups in total. The van der Waals surface area contributed by atoms with Crippen LogP contribution in [-0.2, 0) is 0 Å². The maximum atomic E-state index is 5.73. The van der Waals surface area contributed by atoms with Crippen molar-refractivity contribution in [2.45, 2.75) is 71.3 Å². The molecule has 1 aliphatic rings. The van der Waals surface area contributed by atoms with E-state index in [1.165, 1.54) is 64.5 Å². The normalized spacial score (nSPS) is 20.6. The molecule has 1 unspecified atom stereocenters. The van der Waals surface area contributed by atoms with Crippen molar-refractivity contribution in [3.05, 3.63) is 0 Å². The van der Waals surface area contributed by atoms with Crippen LogP contribution < -0.4 is 5.73 Å². The Kier molecular flexibility index (Phi) is 7.87. The van der Waals surface area contributed by atoms with Crippen LogP contribution in [0.5, 0.6) is 0 Å². The van der Waals surface area contributed by atoms with Crippen LogP contribution in [0.25, 0.3) is 0 Å². The second kappa shape index (κ2) is 8.93. The van der Waals surface area contributed by atoms with Gasteiger partial charge in [0.15, 0.2) is 0 Å². The van der Waals surface area contributed by atoms with Crippen LogP contribution in [-0.4, -0.2) is 30.6 Å². The van der Waals surface area contributed by atoms with Gasteiger partial charge in [0.1, 0.15) is 0 Å². The highest BCUT2D eigenvalue weighted by Crippen LogP contribution is 2.20. The first-order chi connectivity index (χ1) is 8.27. The molecule has 0 aromatic carbocycles. The van der Waals surface area contributed by atoms with Crippen molar-refractivity contribution >= 4 is 0 Å². The second-order valence-corrected chi connectivity index (χ2v) is 5.77. The lowest BCUT2D eigenvalue weighted by Gasteiger charge is -2.35. The highest BCUT2D eigenvalue weighted by atomic mass is 15.2. The molecular weight excluding hydrogens is 208 g/mol. The van der Waals surface area contributed by atoms with Gasteiger partial charge in [-0.05, 0) is 51.7 Å². The van der Waals surface area contributed by atoms with Crippen molar-refractivity contribution in [2.24, 2.45) is 11.7 Å². The lowest BCUT2D eigenvalue weighted by Crippen LogP contribution is -2.41. The van der Waals surface area contributed by atoms with Gasteiger partial charge in [-0.3, -0.25) is 0 Å². The molecule has 0 aromatic heterocycles. The average molecular weight is 240 g/mol. The van der Waals surface area contributed by atoms with E-state index in [-0.39, 0.29) is 0 Å². The van der Waals surface area contributed by atoms with Crippen LogP contribution in [0.2, 0.25) is 0 Å². The van der Waals surface area contributed by atoms with Crippen molar-refractivity contribution < 1.29 is 0 Å². The van der Waals surface area contributed by atoms with Gasteiger partial charge in [-0.25, -0.2) is 0 Å². The van der Waals surface area contributed by atoms with E-state index in [0.29, 0.717) is 0 Å². The summed E-state index contributed by atoms with van der Waals surface area (Å²) < 4.78 is 0. The third-order valence-electron chi connectivity index (χ3n) is 4.33. The zero-order valence-electron chi connectivity index (χ0n) is 12.0. The molecule has 2 nitrogen and oxygen atoms in total. The molecule has 1 atom stereocenters. The standard InChI is InChI=1S/C15H32N2/c1-3-4-5-6-7-8-14(2)17-11-9-15(13-16)10-12-17/h14-15H,3-13,16H2,1-2H3. The van der Waals surface area contributed by atoms with Crippen molar-refractivity contribution in [1.29, 1.82) is 0 Å². The zero-order chi connectivity index (χ0) is 12.5. The van der Waals surface area contributed by atoms with Crippen LogP contribution in [0.1, 0.15) is 65.2 Å². The molecule has 0 spiro atoms. The molecule has 17 heavy (non-hydrogen) atoms. The predicted molar refractivity (Wildman–Crippen MR) is 76.2 cm³/mol. The summed E-state index contributed by atoms with van der Waals surface area (Å²) in [7, 11) is 0. The van der Waals surface area contributed by atoms with Crippen LogP contribution >= 0.6 is 0 Å². The first kappa shape index (κ1) is 15.0. The van der Waals surface area contributed by atoms with E-state index in [4.69, 9.17) is 5.73 Å². The largest absolute Gasteiger partial charge is 0.330 e. The Morgan fingerprint density at radius 1 is 1.12 bits per heavy atom. The average Bonchev–Trinajstić information content (AvgIpc) is 2.38. The van der Waals surface area contributed by atoms with E-state index in [0.717, 1.165) is 18.5 Å². The molecular formula is C15H32N2. The number of piperidine rings is 1. The minimum Gasteiger partial charge on any atom is -0.330 e. The molecule has 0 saturated carbocycles. The fourth-order valence-corrected chi connectivity index (χ4v) is 2.86. The highest BCUT2D eigenvalue weighted by Gasteiger charge is 2.21. The van der Waals surface area contributed by atoms with Gasteiger partial charge >= 0.3 is 0 Å². The van der Waals surface area contributed by atoms with E-state index in [1.54, 1.807) is 0 Å². The number of nitrogens with two attached hydrogens (primary N) is 1. The molecule has 1 saturated heterocycles. The topological polar surface area (TPSA) is 29.3 Å². The maximum absolute atomic E-state index is 5.73. The Hall–Kier alpha value is -0.0800. The summed E-state index contributed by atoms with van der Waals surface area (Å²) in [5, 5.41) is 0. The van der Waals surface area contributed by atoms with Crippen LogP contribution in [0.3, 0.4) is 0 Å². The van der Waals surface area contributed by atoms with Gasteiger partial charge in [0.05, 0.1) is 0 Å². The Balaban J connectivity index is 2.05. The Morgan fingerprint density at radius 2 is 1.76 bits per heavy atom. The lowest BCUT2D eigenvalue weighted by molar-refractivity contribution is 0.136. The summed E-state index contributed by atoms with van der Waals surface area (Å²) in [6, 6.07) is 0.787. The Morgan fingerprint density at radius 3 is 2.35 bits per heavy atom. The summed E-state index contributed by atoms with van der Waals surface area (Å²) in [6.45, 7) is 8.13. The fourth-order valence-electron chi connectivity index (χ4n) is 2.86.